The zero-order chi connectivity index (χ0) is 14.8. The maximum atomic E-state index is 11.0. The average molecular weight is 284 g/mol. The van der Waals surface area contributed by atoms with E-state index in [1.807, 2.05) is 24.3 Å². The number of pyridine rings is 1. The van der Waals surface area contributed by atoms with Gasteiger partial charge in [-0.2, -0.15) is 0 Å². The zero-order valence-corrected chi connectivity index (χ0v) is 11.7. The third-order valence-corrected chi connectivity index (χ3v) is 3.61. The highest BCUT2D eigenvalue weighted by molar-refractivity contribution is 5.88. The first kappa shape index (κ1) is 13.4. The Bertz CT molecular complexity index is 658. The van der Waals surface area contributed by atoms with Crippen molar-refractivity contribution in [2.45, 2.75) is 19.5 Å². The number of benzene rings is 1. The monoisotopic (exact) mass is 284 g/mol. The SMILES string of the molecule is CC1COc2cc(C(=O)O)ccc2CN1c1ccccn1. The molecule has 0 saturated carbocycles. The molecular weight excluding hydrogens is 268 g/mol. The molecule has 21 heavy (non-hydrogen) atoms. The number of fused-ring (bicyclic) bond motifs is 1. The van der Waals surface area contributed by atoms with E-state index in [4.69, 9.17) is 9.84 Å². The Morgan fingerprint density at radius 2 is 2.24 bits per heavy atom. The van der Waals surface area contributed by atoms with Crippen LogP contribution in [0.3, 0.4) is 0 Å². The van der Waals surface area contributed by atoms with Gasteiger partial charge in [0.15, 0.2) is 0 Å². The summed E-state index contributed by atoms with van der Waals surface area (Å²) in [5.74, 6) is 0.587. The largest absolute Gasteiger partial charge is 0.491 e. The maximum Gasteiger partial charge on any atom is 0.335 e. The Morgan fingerprint density at radius 3 is 2.95 bits per heavy atom. The molecule has 3 rings (SSSR count). The number of aromatic carboxylic acids is 1. The molecule has 0 aliphatic carbocycles. The molecule has 1 aliphatic rings. The first-order valence-corrected chi connectivity index (χ1v) is 6.82. The van der Waals surface area contributed by atoms with Gasteiger partial charge in [0, 0.05) is 18.3 Å². The second kappa shape index (κ2) is 5.44. The van der Waals surface area contributed by atoms with Crippen molar-refractivity contribution in [1.82, 2.24) is 4.98 Å². The van der Waals surface area contributed by atoms with E-state index < -0.39 is 5.97 Å². The first-order valence-electron chi connectivity index (χ1n) is 6.82. The molecule has 0 bridgehead atoms. The Morgan fingerprint density at radius 1 is 1.38 bits per heavy atom. The lowest BCUT2D eigenvalue weighted by Gasteiger charge is -2.27. The van der Waals surface area contributed by atoms with Gasteiger partial charge in [-0.15, -0.1) is 0 Å². The van der Waals surface area contributed by atoms with E-state index in [0.717, 1.165) is 11.4 Å². The number of carboxylic acid groups (broad SMARTS) is 1. The molecule has 0 amide bonds. The predicted octanol–water partition coefficient (Wildman–Crippen LogP) is 2.57. The summed E-state index contributed by atoms with van der Waals surface area (Å²) in [4.78, 5) is 17.6. The molecule has 1 N–H and O–H groups in total. The van der Waals surface area contributed by atoms with Crippen molar-refractivity contribution in [2.24, 2.45) is 0 Å². The van der Waals surface area contributed by atoms with Gasteiger partial charge in [-0.05, 0) is 31.2 Å². The summed E-state index contributed by atoms with van der Waals surface area (Å²) in [6.07, 6.45) is 1.77. The molecular formula is C16H16N2O3. The van der Waals surface area contributed by atoms with Crippen LogP contribution in [0.25, 0.3) is 0 Å². The number of hydrogen-bond acceptors (Lipinski definition) is 4. The smallest absolute Gasteiger partial charge is 0.335 e. The van der Waals surface area contributed by atoms with Crippen LogP contribution in [0.5, 0.6) is 5.75 Å². The predicted molar refractivity (Wildman–Crippen MR) is 78.8 cm³/mol. The number of aromatic nitrogens is 1. The van der Waals surface area contributed by atoms with E-state index in [1.165, 1.54) is 0 Å². The number of nitrogens with zero attached hydrogens (tertiary/aromatic N) is 2. The van der Waals surface area contributed by atoms with Crippen molar-refractivity contribution >= 4 is 11.8 Å². The Hall–Kier alpha value is -2.56. The fourth-order valence-electron chi connectivity index (χ4n) is 2.42. The fourth-order valence-corrected chi connectivity index (χ4v) is 2.42. The lowest BCUT2D eigenvalue weighted by molar-refractivity contribution is 0.0696. The van der Waals surface area contributed by atoms with E-state index >= 15 is 0 Å². The van der Waals surface area contributed by atoms with Crippen LogP contribution in [0, 0.1) is 0 Å². The van der Waals surface area contributed by atoms with Crippen LogP contribution < -0.4 is 9.64 Å². The van der Waals surface area contributed by atoms with Gasteiger partial charge in [0.1, 0.15) is 18.2 Å². The van der Waals surface area contributed by atoms with E-state index in [-0.39, 0.29) is 11.6 Å². The number of anilines is 1. The number of rotatable bonds is 2. The van der Waals surface area contributed by atoms with Crippen LogP contribution >= 0.6 is 0 Å². The van der Waals surface area contributed by atoms with Gasteiger partial charge in [-0.25, -0.2) is 9.78 Å². The third-order valence-electron chi connectivity index (χ3n) is 3.61. The minimum Gasteiger partial charge on any atom is -0.491 e. The summed E-state index contributed by atoms with van der Waals surface area (Å²) in [6.45, 7) is 3.21. The van der Waals surface area contributed by atoms with E-state index in [1.54, 1.807) is 18.3 Å². The molecule has 1 atom stereocenters. The van der Waals surface area contributed by atoms with Crippen molar-refractivity contribution in [1.29, 1.82) is 0 Å². The molecule has 1 aliphatic heterocycles. The van der Waals surface area contributed by atoms with Gasteiger partial charge < -0.3 is 14.7 Å². The summed E-state index contributed by atoms with van der Waals surface area (Å²) in [6, 6.07) is 11.0. The summed E-state index contributed by atoms with van der Waals surface area (Å²) >= 11 is 0. The van der Waals surface area contributed by atoms with Crippen molar-refractivity contribution in [3.8, 4) is 5.75 Å². The molecule has 2 aromatic rings. The molecule has 5 heteroatoms. The normalized spacial score (nSPS) is 17.6. The molecule has 0 spiro atoms. The first-order chi connectivity index (χ1) is 10.1. The number of carbonyl (C=O) groups is 1. The summed E-state index contributed by atoms with van der Waals surface area (Å²) in [5.41, 5.74) is 1.21. The van der Waals surface area contributed by atoms with Gasteiger partial charge in [-0.1, -0.05) is 12.1 Å². The van der Waals surface area contributed by atoms with Gasteiger partial charge in [-0.3, -0.25) is 0 Å². The highest BCUT2D eigenvalue weighted by atomic mass is 16.5. The summed E-state index contributed by atoms with van der Waals surface area (Å²) in [5, 5.41) is 9.06. The van der Waals surface area contributed by atoms with E-state index in [2.05, 4.69) is 16.8 Å². The third kappa shape index (κ3) is 2.67. The molecule has 1 unspecified atom stereocenters. The average Bonchev–Trinajstić information content (AvgIpc) is 2.67. The van der Waals surface area contributed by atoms with Crippen molar-refractivity contribution in [3.63, 3.8) is 0 Å². The van der Waals surface area contributed by atoms with Crippen LogP contribution in [0.1, 0.15) is 22.8 Å². The van der Waals surface area contributed by atoms with Crippen molar-refractivity contribution < 1.29 is 14.6 Å². The lowest BCUT2D eigenvalue weighted by Crippen LogP contribution is -2.35. The standard InChI is InChI=1S/C16H16N2O3/c1-11-10-21-14-8-12(16(19)20)5-6-13(14)9-18(11)15-4-2-3-7-17-15/h2-8,11H,9-10H2,1H3,(H,19,20). The van der Waals surface area contributed by atoms with Crippen LogP contribution in [-0.2, 0) is 6.54 Å². The number of ether oxygens (including phenoxy) is 1. The second-order valence-corrected chi connectivity index (χ2v) is 5.10. The molecule has 0 radical (unpaired) electrons. The molecule has 1 aromatic heterocycles. The molecule has 2 heterocycles. The minimum atomic E-state index is -0.944. The van der Waals surface area contributed by atoms with Crippen LogP contribution in [0.2, 0.25) is 0 Å². The minimum absolute atomic E-state index is 0.153. The maximum absolute atomic E-state index is 11.0. The molecule has 1 aromatic carbocycles. The number of carboxylic acids is 1. The summed E-state index contributed by atoms with van der Waals surface area (Å²) < 4.78 is 5.77. The highest BCUT2D eigenvalue weighted by Gasteiger charge is 2.23. The fraction of sp³-hybridized carbons (Fsp3) is 0.250. The molecule has 5 nitrogen and oxygen atoms in total. The molecule has 0 saturated heterocycles. The van der Waals surface area contributed by atoms with Gasteiger partial charge >= 0.3 is 5.97 Å². The topological polar surface area (TPSA) is 62.7 Å². The summed E-state index contributed by atoms with van der Waals surface area (Å²) in [7, 11) is 0. The lowest BCUT2D eigenvalue weighted by atomic mass is 10.1. The van der Waals surface area contributed by atoms with Crippen LogP contribution in [0.4, 0.5) is 5.82 Å². The van der Waals surface area contributed by atoms with E-state index in [9.17, 15) is 4.79 Å². The molecule has 108 valence electrons. The van der Waals surface area contributed by atoms with Crippen LogP contribution in [-0.4, -0.2) is 28.7 Å². The number of hydrogen-bond donors (Lipinski definition) is 1. The van der Waals surface area contributed by atoms with Crippen LogP contribution in [0.15, 0.2) is 42.6 Å². The van der Waals surface area contributed by atoms with E-state index in [0.29, 0.717) is 18.9 Å². The Labute approximate surface area is 122 Å². The quantitative estimate of drug-likeness (QED) is 0.918. The Balaban J connectivity index is 1.95. The van der Waals surface area contributed by atoms with Crippen molar-refractivity contribution in [2.75, 3.05) is 11.5 Å². The second-order valence-electron chi connectivity index (χ2n) is 5.10. The van der Waals surface area contributed by atoms with Gasteiger partial charge in [0.25, 0.3) is 0 Å². The zero-order valence-electron chi connectivity index (χ0n) is 11.7. The Kier molecular flexibility index (Phi) is 3.48. The van der Waals surface area contributed by atoms with Gasteiger partial charge in [0.05, 0.1) is 11.6 Å². The molecule has 0 fully saturated rings. The van der Waals surface area contributed by atoms with Gasteiger partial charge in [0.2, 0.25) is 0 Å². The highest BCUT2D eigenvalue weighted by Crippen LogP contribution is 2.28. The van der Waals surface area contributed by atoms with Crippen molar-refractivity contribution in [3.05, 3.63) is 53.7 Å².